The van der Waals surface area contributed by atoms with Gasteiger partial charge in [0.1, 0.15) is 0 Å². The quantitative estimate of drug-likeness (QED) is 0.382. The Morgan fingerprint density at radius 1 is 1.25 bits per heavy atom. The monoisotopic (exact) mass is 461 g/mol. The lowest BCUT2D eigenvalue weighted by Gasteiger charge is -2.21. The molecule has 1 atom stereocenters. The number of hydrogen-bond acceptors (Lipinski definition) is 7. The molecule has 32 heavy (non-hydrogen) atoms. The lowest BCUT2D eigenvalue weighted by atomic mass is 9.90. The highest BCUT2D eigenvalue weighted by Crippen LogP contribution is 2.26. The number of aromatic nitrogens is 4. The SMILES string of the molecule is CC(O)CNS(=O)(=O)c1ccc(Nc2nc3nc[nH]c3c(OCC3CCCCC3)[nH+]2)cc1. The van der Waals surface area contributed by atoms with Gasteiger partial charge in [0.15, 0.2) is 5.52 Å². The first-order valence-electron chi connectivity index (χ1n) is 10.8. The van der Waals surface area contributed by atoms with Gasteiger partial charge in [-0.2, -0.15) is 0 Å². The van der Waals surface area contributed by atoms with Crippen molar-refractivity contribution in [2.45, 2.75) is 50.0 Å². The molecular formula is C21H29N6O4S+. The largest absolute Gasteiger partial charge is 0.466 e. The number of nitrogens with zero attached hydrogens (tertiary/aromatic N) is 2. The second kappa shape index (κ2) is 9.80. The van der Waals surface area contributed by atoms with Crippen LogP contribution in [0, 0.1) is 5.92 Å². The molecule has 0 radical (unpaired) electrons. The molecule has 0 spiro atoms. The molecule has 4 rings (SSSR count). The number of aliphatic hydroxyl groups is 1. The van der Waals surface area contributed by atoms with E-state index in [2.05, 4.69) is 30.0 Å². The Labute approximate surface area is 186 Å². The maximum Gasteiger partial charge on any atom is 0.399 e. The van der Waals surface area contributed by atoms with E-state index in [-0.39, 0.29) is 11.4 Å². The second-order valence-corrected chi connectivity index (χ2v) is 9.95. The molecule has 10 nitrogen and oxygen atoms in total. The molecule has 0 aliphatic heterocycles. The van der Waals surface area contributed by atoms with Gasteiger partial charge in [-0.1, -0.05) is 19.3 Å². The smallest absolute Gasteiger partial charge is 0.399 e. The van der Waals surface area contributed by atoms with Gasteiger partial charge in [0.25, 0.3) is 11.5 Å². The molecule has 1 aromatic carbocycles. The zero-order valence-electron chi connectivity index (χ0n) is 18.0. The Morgan fingerprint density at radius 2 is 2.00 bits per heavy atom. The molecule has 172 valence electrons. The number of aromatic amines is 2. The van der Waals surface area contributed by atoms with Crippen molar-refractivity contribution < 1.29 is 23.2 Å². The molecule has 0 amide bonds. The van der Waals surface area contributed by atoms with Gasteiger partial charge in [0.2, 0.25) is 10.0 Å². The van der Waals surface area contributed by atoms with E-state index in [1.165, 1.54) is 51.2 Å². The van der Waals surface area contributed by atoms with Gasteiger partial charge in [0.05, 0.1) is 29.6 Å². The predicted octanol–water partition coefficient (Wildman–Crippen LogP) is 2.13. The number of nitrogens with one attached hydrogen (secondary N) is 4. The van der Waals surface area contributed by atoms with Crippen LogP contribution in [0.5, 0.6) is 5.88 Å². The summed E-state index contributed by atoms with van der Waals surface area (Å²) in [7, 11) is -3.69. The van der Waals surface area contributed by atoms with E-state index in [0.717, 1.165) is 0 Å². The van der Waals surface area contributed by atoms with E-state index in [4.69, 9.17) is 4.74 Å². The molecule has 1 aliphatic rings. The first-order chi connectivity index (χ1) is 15.4. The molecule has 1 saturated carbocycles. The normalized spacial score (nSPS) is 16.2. The minimum atomic E-state index is -3.69. The van der Waals surface area contributed by atoms with E-state index in [0.29, 0.717) is 41.2 Å². The zero-order chi connectivity index (χ0) is 22.6. The van der Waals surface area contributed by atoms with Crippen molar-refractivity contribution in [3.8, 4) is 5.88 Å². The van der Waals surface area contributed by atoms with Crippen LogP contribution in [0.2, 0.25) is 0 Å². The number of fused-ring (bicyclic) bond motifs is 1. The second-order valence-electron chi connectivity index (χ2n) is 8.18. The zero-order valence-corrected chi connectivity index (χ0v) is 18.8. The summed E-state index contributed by atoms with van der Waals surface area (Å²) in [4.78, 5) is 15.0. The number of aliphatic hydroxyl groups excluding tert-OH is 1. The third kappa shape index (κ3) is 5.53. The summed E-state index contributed by atoms with van der Waals surface area (Å²) >= 11 is 0. The van der Waals surface area contributed by atoms with Crippen LogP contribution in [-0.2, 0) is 10.0 Å². The number of sulfonamides is 1. The van der Waals surface area contributed by atoms with Crippen LogP contribution < -0.4 is 19.8 Å². The van der Waals surface area contributed by atoms with Crippen molar-refractivity contribution in [2.75, 3.05) is 18.5 Å². The van der Waals surface area contributed by atoms with Crippen LogP contribution >= 0.6 is 0 Å². The van der Waals surface area contributed by atoms with E-state index < -0.39 is 16.1 Å². The first-order valence-corrected chi connectivity index (χ1v) is 12.3. The Hall–Kier alpha value is -2.76. The predicted molar refractivity (Wildman–Crippen MR) is 119 cm³/mol. The first kappa shape index (κ1) is 22.4. The maximum atomic E-state index is 12.3. The van der Waals surface area contributed by atoms with Gasteiger partial charge in [-0.25, -0.2) is 28.4 Å². The lowest BCUT2D eigenvalue weighted by Crippen LogP contribution is -2.30. The summed E-state index contributed by atoms with van der Waals surface area (Å²) in [6.45, 7) is 2.11. The van der Waals surface area contributed by atoms with Crippen LogP contribution in [-0.4, -0.2) is 47.7 Å². The van der Waals surface area contributed by atoms with Crippen LogP contribution in [0.1, 0.15) is 39.0 Å². The molecule has 0 bridgehead atoms. The van der Waals surface area contributed by atoms with Crippen LogP contribution in [0.15, 0.2) is 35.5 Å². The Balaban J connectivity index is 1.48. The van der Waals surface area contributed by atoms with Crippen molar-refractivity contribution >= 4 is 32.8 Å². The molecule has 1 fully saturated rings. The Morgan fingerprint density at radius 3 is 2.72 bits per heavy atom. The van der Waals surface area contributed by atoms with Gasteiger partial charge >= 0.3 is 5.95 Å². The lowest BCUT2D eigenvalue weighted by molar-refractivity contribution is -0.380. The molecule has 5 N–H and O–H groups in total. The van der Waals surface area contributed by atoms with Crippen molar-refractivity contribution in [1.29, 1.82) is 0 Å². The van der Waals surface area contributed by atoms with Gasteiger partial charge < -0.3 is 14.8 Å². The number of H-pyrrole nitrogens is 2. The van der Waals surface area contributed by atoms with Crippen molar-refractivity contribution in [1.82, 2.24) is 19.7 Å². The van der Waals surface area contributed by atoms with Crippen molar-refractivity contribution in [3.63, 3.8) is 0 Å². The van der Waals surface area contributed by atoms with Crippen molar-refractivity contribution in [3.05, 3.63) is 30.6 Å². The highest BCUT2D eigenvalue weighted by atomic mass is 32.2. The summed E-state index contributed by atoms with van der Waals surface area (Å²) in [5, 5.41) is 12.4. The molecule has 3 aromatic rings. The number of benzene rings is 1. The summed E-state index contributed by atoms with van der Waals surface area (Å²) in [6, 6.07) is 6.26. The molecule has 0 saturated heterocycles. The number of imidazole rings is 1. The summed E-state index contributed by atoms with van der Waals surface area (Å²) in [6.07, 6.45) is 6.98. The van der Waals surface area contributed by atoms with Crippen LogP contribution in [0.3, 0.4) is 0 Å². The summed E-state index contributed by atoms with van der Waals surface area (Å²) in [5.74, 6) is 1.56. The average molecular weight is 462 g/mol. The standard InChI is InChI=1S/C21H28N6O4S/c1-14(28)11-24-32(29,30)17-9-7-16(8-10-17)25-21-26-19-18(22-13-23-19)20(27-21)31-12-15-5-3-2-4-6-15/h7-10,13-15,24,28H,2-6,11-12H2,1H3,(H2,22,23,25,26,27)/p+1. The number of rotatable bonds is 9. The molecule has 2 aromatic heterocycles. The highest BCUT2D eigenvalue weighted by molar-refractivity contribution is 7.89. The maximum absolute atomic E-state index is 12.3. The number of ether oxygens (including phenoxy) is 1. The van der Waals surface area contributed by atoms with Gasteiger partial charge in [-0.05, 0) is 54.9 Å². The molecule has 1 unspecified atom stereocenters. The fraction of sp³-hybridized carbons (Fsp3) is 0.476. The molecule has 1 aliphatic carbocycles. The third-order valence-corrected chi connectivity index (χ3v) is 6.92. The van der Waals surface area contributed by atoms with Gasteiger partial charge in [-0.15, -0.1) is 0 Å². The molecule has 2 heterocycles. The average Bonchev–Trinajstić information content (AvgIpc) is 3.26. The third-order valence-electron chi connectivity index (χ3n) is 5.48. The fourth-order valence-corrected chi connectivity index (χ4v) is 4.85. The van der Waals surface area contributed by atoms with E-state index in [1.807, 2.05) is 0 Å². The Kier molecular flexibility index (Phi) is 6.87. The highest BCUT2D eigenvalue weighted by Gasteiger charge is 2.21. The summed E-state index contributed by atoms with van der Waals surface area (Å²) in [5.41, 5.74) is 1.87. The Bertz CT molecular complexity index is 1140. The molecule has 11 heteroatoms. The van der Waals surface area contributed by atoms with E-state index in [1.54, 1.807) is 18.5 Å². The van der Waals surface area contributed by atoms with E-state index >= 15 is 0 Å². The van der Waals surface area contributed by atoms with Crippen LogP contribution in [0.25, 0.3) is 11.2 Å². The van der Waals surface area contributed by atoms with Gasteiger partial charge in [0, 0.05) is 6.54 Å². The van der Waals surface area contributed by atoms with E-state index in [9.17, 15) is 13.5 Å². The fourth-order valence-electron chi connectivity index (χ4n) is 3.73. The topological polar surface area (TPSA) is 143 Å². The molecular weight excluding hydrogens is 432 g/mol. The van der Waals surface area contributed by atoms with Crippen molar-refractivity contribution in [2.24, 2.45) is 5.92 Å². The number of anilines is 2. The minimum absolute atomic E-state index is 0.0471. The minimum Gasteiger partial charge on any atom is -0.466 e. The summed E-state index contributed by atoms with van der Waals surface area (Å²) < 4.78 is 33.0. The number of hydrogen-bond donors (Lipinski definition) is 4. The van der Waals surface area contributed by atoms with Crippen LogP contribution in [0.4, 0.5) is 11.6 Å². The van der Waals surface area contributed by atoms with Gasteiger partial charge in [-0.3, -0.25) is 0 Å².